The summed E-state index contributed by atoms with van der Waals surface area (Å²) in [5.74, 6) is -0.788. The molecule has 1 heterocycles. The molecular weight excluding hydrogens is 380 g/mol. The number of aromatic nitrogens is 2. The molecule has 3 aromatic rings. The lowest BCUT2D eigenvalue weighted by Crippen LogP contribution is -2.35. The van der Waals surface area contributed by atoms with E-state index in [0.29, 0.717) is 18.7 Å². The van der Waals surface area contributed by atoms with Crippen LogP contribution in [0.4, 0.5) is 5.69 Å². The van der Waals surface area contributed by atoms with E-state index in [4.69, 9.17) is 0 Å². The van der Waals surface area contributed by atoms with Crippen LogP contribution in [0.15, 0.2) is 65.5 Å². The zero-order chi connectivity index (χ0) is 21.5. The summed E-state index contributed by atoms with van der Waals surface area (Å²) in [6.07, 6.45) is 0.688. The highest BCUT2D eigenvalue weighted by molar-refractivity contribution is 6.02. The second-order valence-electron chi connectivity index (χ2n) is 7.05. The maximum Gasteiger partial charge on any atom is 0.276 e. The molecule has 0 aliphatic rings. The van der Waals surface area contributed by atoms with Gasteiger partial charge < -0.3 is 10.6 Å². The quantitative estimate of drug-likeness (QED) is 0.633. The Morgan fingerprint density at radius 3 is 2.47 bits per heavy atom. The molecule has 0 saturated carbocycles. The summed E-state index contributed by atoms with van der Waals surface area (Å²) in [5, 5.41) is 9.57. The Balaban J connectivity index is 1.61. The Hall–Kier alpha value is -3.74. The molecular formula is C23H24N4O3. The van der Waals surface area contributed by atoms with Gasteiger partial charge in [0.1, 0.15) is 12.2 Å². The lowest BCUT2D eigenvalue weighted by atomic mass is 10.1. The molecule has 3 rings (SSSR count). The fraction of sp³-hybridized carbons (Fsp3) is 0.217. The summed E-state index contributed by atoms with van der Waals surface area (Å²) in [6, 6.07) is 17.9. The van der Waals surface area contributed by atoms with Crippen LogP contribution in [0.1, 0.15) is 27.2 Å². The van der Waals surface area contributed by atoms with E-state index in [1.165, 1.54) is 12.1 Å². The molecule has 2 amide bonds. The number of benzene rings is 2. The standard InChI is InChI=1S/C23H24N4O3/c1-16-8-9-19(14-17(16)2)25-23(30)20-10-11-22(29)27(26-20)15-21(28)24-13-12-18-6-4-3-5-7-18/h3-11,14H,12-13,15H2,1-2H3,(H,24,28)(H,25,30). The molecule has 0 fully saturated rings. The third kappa shape index (κ3) is 5.64. The number of hydrogen-bond acceptors (Lipinski definition) is 4. The molecule has 7 heteroatoms. The lowest BCUT2D eigenvalue weighted by molar-refractivity contribution is -0.121. The van der Waals surface area contributed by atoms with Gasteiger partial charge in [-0.25, -0.2) is 4.68 Å². The maximum absolute atomic E-state index is 12.5. The van der Waals surface area contributed by atoms with Gasteiger partial charge in [0, 0.05) is 18.3 Å². The van der Waals surface area contributed by atoms with Gasteiger partial charge in [-0.05, 0) is 55.2 Å². The second-order valence-corrected chi connectivity index (χ2v) is 7.05. The highest BCUT2D eigenvalue weighted by Gasteiger charge is 2.12. The number of nitrogens with zero attached hydrogens (tertiary/aromatic N) is 2. The molecule has 7 nitrogen and oxygen atoms in total. The van der Waals surface area contributed by atoms with Gasteiger partial charge in [-0.3, -0.25) is 14.4 Å². The molecule has 0 unspecified atom stereocenters. The van der Waals surface area contributed by atoms with Crippen LogP contribution in [0, 0.1) is 13.8 Å². The first-order valence-corrected chi connectivity index (χ1v) is 9.70. The third-order valence-corrected chi connectivity index (χ3v) is 4.74. The van der Waals surface area contributed by atoms with Gasteiger partial charge in [0.25, 0.3) is 11.5 Å². The second kappa shape index (κ2) is 9.65. The third-order valence-electron chi connectivity index (χ3n) is 4.74. The topological polar surface area (TPSA) is 93.1 Å². The van der Waals surface area contributed by atoms with Gasteiger partial charge in [-0.2, -0.15) is 5.10 Å². The first kappa shape index (κ1) is 21.0. The summed E-state index contributed by atoms with van der Waals surface area (Å²) in [7, 11) is 0. The van der Waals surface area contributed by atoms with Crippen molar-refractivity contribution in [2.75, 3.05) is 11.9 Å². The van der Waals surface area contributed by atoms with Gasteiger partial charge in [-0.1, -0.05) is 36.4 Å². The van der Waals surface area contributed by atoms with Crippen molar-refractivity contribution < 1.29 is 9.59 Å². The zero-order valence-corrected chi connectivity index (χ0v) is 17.0. The van der Waals surface area contributed by atoms with Crippen LogP contribution < -0.4 is 16.2 Å². The van der Waals surface area contributed by atoms with Gasteiger partial charge >= 0.3 is 0 Å². The number of carbonyl (C=O) groups is 2. The molecule has 154 valence electrons. The fourth-order valence-electron chi connectivity index (χ4n) is 2.88. The van der Waals surface area contributed by atoms with Crippen molar-refractivity contribution in [2.45, 2.75) is 26.8 Å². The van der Waals surface area contributed by atoms with Crippen LogP contribution in [-0.4, -0.2) is 28.1 Å². The minimum atomic E-state index is -0.448. The molecule has 2 N–H and O–H groups in total. The van der Waals surface area contributed by atoms with E-state index in [1.54, 1.807) is 6.07 Å². The molecule has 30 heavy (non-hydrogen) atoms. The van der Waals surface area contributed by atoms with Crippen LogP contribution in [0.5, 0.6) is 0 Å². The molecule has 2 aromatic carbocycles. The molecule has 0 saturated heterocycles. The normalized spacial score (nSPS) is 10.5. The predicted molar refractivity (Wildman–Crippen MR) is 116 cm³/mol. The Kier molecular flexibility index (Phi) is 6.75. The number of aryl methyl sites for hydroxylation is 2. The minimum Gasteiger partial charge on any atom is -0.354 e. The maximum atomic E-state index is 12.5. The van der Waals surface area contributed by atoms with Crippen LogP contribution in [0.3, 0.4) is 0 Å². The van der Waals surface area contributed by atoms with Gasteiger partial charge in [-0.15, -0.1) is 0 Å². The van der Waals surface area contributed by atoms with E-state index in [0.717, 1.165) is 21.4 Å². The largest absolute Gasteiger partial charge is 0.354 e. The minimum absolute atomic E-state index is 0.0601. The number of nitrogens with one attached hydrogen (secondary N) is 2. The van der Waals surface area contributed by atoms with Crippen molar-refractivity contribution in [3.63, 3.8) is 0 Å². The van der Waals surface area contributed by atoms with E-state index in [-0.39, 0.29) is 18.1 Å². The van der Waals surface area contributed by atoms with Crippen molar-refractivity contribution in [1.82, 2.24) is 15.1 Å². The van der Waals surface area contributed by atoms with Crippen molar-refractivity contribution in [1.29, 1.82) is 0 Å². The highest BCUT2D eigenvalue weighted by Crippen LogP contribution is 2.14. The molecule has 0 spiro atoms. The first-order valence-electron chi connectivity index (χ1n) is 9.70. The molecule has 0 radical (unpaired) electrons. The molecule has 0 bridgehead atoms. The molecule has 0 aliphatic heterocycles. The van der Waals surface area contributed by atoms with E-state index >= 15 is 0 Å². The van der Waals surface area contributed by atoms with Crippen molar-refractivity contribution in [3.8, 4) is 0 Å². The van der Waals surface area contributed by atoms with Crippen LogP contribution in [0.2, 0.25) is 0 Å². The predicted octanol–water partition coefficient (Wildman–Crippen LogP) is 2.47. The Labute approximate surface area is 174 Å². The fourth-order valence-corrected chi connectivity index (χ4v) is 2.88. The van der Waals surface area contributed by atoms with E-state index < -0.39 is 11.5 Å². The number of anilines is 1. The van der Waals surface area contributed by atoms with Gasteiger partial charge in [0.15, 0.2) is 0 Å². The van der Waals surface area contributed by atoms with Gasteiger partial charge in [0.05, 0.1) is 0 Å². The summed E-state index contributed by atoms with van der Waals surface area (Å²) >= 11 is 0. The van der Waals surface area contributed by atoms with Crippen LogP contribution in [-0.2, 0) is 17.8 Å². The van der Waals surface area contributed by atoms with Crippen molar-refractivity contribution in [2.24, 2.45) is 0 Å². The van der Waals surface area contributed by atoms with E-state index in [1.807, 2.05) is 56.3 Å². The Morgan fingerprint density at radius 1 is 0.967 bits per heavy atom. The van der Waals surface area contributed by atoms with Crippen molar-refractivity contribution in [3.05, 3.63) is 93.4 Å². The average Bonchev–Trinajstić information content (AvgIpc) is 2.73. The molecule has 0 atom stereocenters. The summed E-state index contributed by atoms with van der Waals surface area (Å²) in [6.45, 7) is 4.14. The van der Waals surface area contributed by atoms with Crippen molar-refractivity contribution >= 4 is 17.5 Å². The van der Waals surface area contributed by atoms with Crippen LogP contribution >= 0.6 is 0 Å². The number of amides is 2. The smallest absolute Gasteiger partial charge is 0.276 e. The van der Waals surface area contributed by atoms with E-state index in [9.17, 15) is 14.4 Å². The van der Waals surface area contributed by atoms with Crippen LogP contribution in [0.25, 0.3) is 0 Å². The molecule has 1 aromatic heterocycles. The average molecular weight is 404 g/mol. The SMILES string of the molecule is Cc1ccc(NC(=O)c2ccc(=O)n(CC(=O)NCCc3ccccc3)n2)cc1C. The number of carbonyl (C=O) groups excluding carboxylic acids is 2. The number of rotatable bonds is 7. The number of hydrogen-bond donors (Lipinski definition) is 2. The zero-order valence-electron chi connectivity index (χ0n) is 17.0. The molecule has 0 aliphatic carbocycles. The monoisotopic (exact) mass is 404 g/mol. The highest BCUT2D eigenvalue weighted by atomic mass is 16.2. The van der Waals surface area contributed by atoms with Gasteiger partial charge in [0.2, 0.25) is 5.91 Å². The Morgan fingerprint density at radius 2 is 1.73 bits per heavy atom. The summed E-state index contributed by atoms with van der Waals surface area (Å²) in [4.78, 5) is 36.7. The van der Waals surface area contributed by atoms with E-state index in [2.05, 4.69) is 15.7 Å². The lowest BCUT2D eigenvalue weighted by Gasteiger charge is -2.10. The summed E-state index contributed by atoms with van der Waals surface area (Å²) < 4.78 is 0.993. The summed E-state index contributed by atoms with van der Waals surface area (Å²) in [5.41, 5.74) is 3.54. The first-order chi connectivity index (χ1) is 14.4. The Bertz CT molecular complexity index is 1110.